The van der Waals surface area contributed by atoms with Crippen LogP contribution < -0.4 is 14.4 Å². The van der Waals surface area contributed by atoms with Crippen LogP contribution in [0.25, 0.3) is 62.5 Å². The number of carboxylic acids is 1. The van der Waals surface area contributed by atoms with E-state index in [1.54, 1.807) is 30.5 Å². The molecule has 4 aromatic carbocycles. The van der Waals surface area contributed by atoms with Crippen molar-refractivity contribution in [2.24, 2.45) is 0 Å². The Bertz CT molecular complexity index is 2660. The number of rotatable bonds is 12. The van der Waals surface area contributed by atoms with Crippen LogP contribution in [0.3, 0.4) is 0 Å². The summed E-state index contributed by atoms with van der Waals surface area (Å²) in [6.45, 7) is 7.73. The predicted molar refractivity (Wildman–Crippen MR) is 218 cm³/mol. The highest BCUT2D eigenvalue weighted by Crippen LogP contribution is 2.43. The molecule has 0 amide bonds. The maximum absolute atomic E-state index is 12.0. The molecule has 1 aliphatic heterocycles. The summed E-state index contributed by atoms with van der Waals surface area (Å²) in [6, 6.07) is 23.8. The smallest absolute Gasteiger partial charge is 0.303 e. The number of nitrogens with zero attached hydrogens (tertiary/aromatic N) is 6. The molecule has 288 valence electrons. The van der Waals surface area contributed by atoms with Crippen LogP contribution in [0, 0.1) is 0 Å². The summed E-state index contributed by atoms with van der Waals surface area (Å²) in [7, 11) is 0. The number of carboxylic acid groups (broad SMARTS) is 1. The molecule has 0 spiro atoms. The summed E-state index contributed by atoms with van der Waals surface area (Å²) in [6.07, 6.45) is 5.77. The fourth-order valence-corrected chi connectivity index (χ4v) is 7.35. The quantitative estimate of drug-likeness (QED) is 0.125. The van der Waals surface area contributed by atoms with E-state index in [1.807, 2.05) is 99.5 Å². The summed E-state index contributed by atoms with van der Waals surface area (Å²) in [5.74, 6) is 2.24. The summed E-state index contributed by atoms with van der Waals surface area (Å²) in [4.78, 5) is 28.3. The molecule has 0 radical (unpaired) electrons. The summed E-state index contributed by atoms with van der Waals surface area (Å²) in [5, 5.41) is 21.0. The van der Waals surface area contributed by atoms with Crippen LogP contribution in [0.5, 0.6) is 11.5 Å². The second kappa shape index (κ2) is 15.7. The second-order valence-corrected chi connectivity index (χ2v) is 14.8. The summed E-state index contributed by atoms with van der Waals surface area (Å²) >= 11 is 13.0. The molecule has 1 atom stereocenters. The number of aliphatic carboxylic acids is 1. The zero-order chi connectivity index (χ0) is 39.8. The molecule has 14 heteroatoms. The minimum atomic E-state index is -0.905. The highest BCUT2D eigenvalue weighted by Gasteiger charge is 2.30. The number of carbonyl (C=O) groups is 1. The highest BCUT2D eigenvalue weighted by molar-refractivity contribution is 6.32. The molecule has 1 N–H and O–H groups in total. The number of hydrogen-bond donors (Lipinski definition) is 1. The third-order valence-corrected chi connectivity index (χ3v) is 9.91. The molecule has 7 aromatic rings. The van der Waals surface area contributed by atoms with Crippen molar-refractivity contribution >= 4 is 51.8 Å². The van der Waals surface area contributed by atoms with Crippen LogP contribution in [-0.4, -0.2) is 48.5 Å². The van der Waals surface area contributed by atoms with Crippen LogP contribution >= 0.6 is 23.2 Å². The minimum Gasteiger partial charge on any atom is -0.489 e. The number of aromatic nitrogens is 5. The van der Waals surface area contributed by atoms with Crippen LogP contribution in [0.2, 0.25) is 10.0 Å². The number of anilines is 1. The van der Waals surface area contributed by atoms with E-state index in [9.17, 15) is 9.90 Å². The zero-order valence-corrected chi connectivity index (χ0v) is 32.8. The average molecular weight is 804 g/mol. The molecular formula is C43H36Cl2N6O6. The molecule has 12 nitrogen and oxygen atoms in total. The van der Waals surface area contributed by atoms with Gasteiger partial charge >= 0.3 is 5.97 Å². The molecule has 0 saturated carbocycles. The van der Waals surface area contributed by atoms with Crippen molar-refractivity contribution < 1.29 is 28.4 Å². The van der Waals surface area contributed by atoms with Crippen LogP contribution in [0.4, 0.5) is 5.82 Å². The van der Waals surface area contributed by atoms with Crippen molar-refractivity contribution in [1.82, 2.24) is 25.3 Å². The van der Waals surface area contributed by atoms with E-state index in [2.05, 4.69) is 10.3 Å². The first kappa shape index (κ1) is 37.7. The molecule has 0 aliphatic carbocycles. The van der Waals surface area contributed by atoms with E-state index in [0.29, 0.717) is 68.3 Å². The van der Waals surface area contributed by atoms with Gasteiger partial charge in [0.1, 0.15) is 17.3 Å². The lowest BCUT2D eigenvalue weighted by Crippen LogP contribution is -2.28. The zero-order valence-electron chi connectivity index (χ0n) is 31.3. The molecule has 0 bridgehead atoms. The van der Waals surface area contributed by atoms with Gasteiger partial charge < -0.3 is 28.5 Å². The first-order chi connectivity index (χ1) is 27.5. The Balaban J connectivity index is 1.13. The van der Waals surface area contributed by atoms with Crippen molar-refractivity contribution in [2.45, 2.75) is 58.8 Å². The average Bonchev–Trinajstić information content (AvgIpc) is 3.89. The van der Waals surface area contributed by atoms with Crippen LogP contribution in [-0.2, 0) is 4.79 Å². The van der Waals surface area contributed by atoms with Crippen LogP contribution in [0.15, 0.2) is 100 Å². The van der Waals surface area contributed by atoms with E-state index in [-0.39, 0.29) is 18.6 Å². The Morgan fingerprint density at radius 3 is 1.98 bits per heavy atom. The van der Waals surface area contributed by atoms with Gasteiger partial charge in [0.15, 0.2) is 0 Å². The minimum absolute atomic E-state index is 0.0271. The molecule has 3 aromatic heterocycles. The summed E-state index contributed by atoms with van der Waals surface area (Å²) < 4.78 is 22.9. The number of ether oxygens (including phenoxy) is 2. The first-order valence-corrected chi connectivity index (χ1v) is 19.1. The number of fused-ring (bicyclic) bond motifs is 2. The van der Waals surface area contributed by atoms with E-state index in [0.717, 1.165) is 33.0 Å². The predicted octanol–water partition coefficient (Wildman–Crippen LogP) is 10.9. The van der Waals surface area contributed by atoms with E-state index < -0.39 is 12.0 Å². The molecule has 0 saturated heterocycles. The third-order valence-electron chi connectivity index (χ3n) is 9.31. The maximum atomic E-state index is 12.0. The van der Waals surface area contributed by atoms with Gasteiger partial charge in [-0.05, 0) is 99.2 Å². The molecule has 57 heavy (non-hydrogen) atoms. The molecular weight excluding hydrogens is 767 g/mol. The van der Waals surface area contributed by atoms with Gasteiger partial charge in [-0.2, -0.15) is 9.97 Å². The monoisotopic (exact) mass is 802 g/mol. The Labute approximate surface area is 337 Å². The standard InChI is InChI=1S/C43H36Cl2N6O6/c1-23(2)54-36-14-11-25(21-33(36)44)42-47-39(49-56-42)30-9-6-10-32-27(30)17-19-46-41(32)51-20-18-28-29(35(51)13-16-38(52)53)7-5-8-31(28)40-48-43(57-50-40)26-12-15-37(34(45)22-26)55-24(3)4/h5-12,14-15,17-24,35H,13,16H2,1-4H3,(H,52,53). The molecule has 1 unspecified atom stereocenters. The molecule has 8 rings (SSSR count). The van der Waals surface area contributed by atoms with Crippen LogP contribution in [0.1, 0.15) is 57.7 Å². The van der Waals surface area contributed by atoms with Gasteiger partial charge in [-0.25, -0.2) is 4.98 Å². The largest absolute Gasteiger partial charge is 0.489 e. The number of halogens is 2. The normalized spacial score (nSPS) is 13.8. The van der Waals surface area contributed by atoms with Crippen molar-refractivity contribution in [2.75, 3.05) is 4.90 Å². The Morgan fingerprint density at radius 1 is 0.789 bits per heavy atom. The van der Waals surface area contributed by atoms with Gasteiger partial charge in [0.05, 0.1) is 28.3 Å². The molecule has 1 aliphatic rings. The topological polar surface area (TPSA) is 150 Å². The van der Waals surface area contributed by atoms with Gasteiger partial charge in [-0.1, -0.05) is 69.9 Å². The number of hydrogen-bond acceptors (Lipinski definition) is 11. The van der Waals surface area contributed by atoms with E-state index in [4.69, 9.17) is 56.7 Å². The van der Waals surface area contributed by atoms with Gasteiger partial charge in [-0.15, -0.1) is 0 Å². The van der Waals surface area contributed by atoms with E-state index >= 15 is 0 Å². The Morgan fingerprint density at radius 2 is 1.39 bits per heavy atom. The number of pyridine rings is 1. The molecule has 0 fully saturated rings. The highest BCUT2D eigenvalue weighted by atomic mass is 35.5. The maximum Gasteiger partial charge on any atom is 0.303 e. The van der Waals surface area contributed by atoms with Crippen molar-refractivity contribution in [3.8, 4) is 57.2 Å². The third kappa shape index (κ3) is 7.66. The Hall–Kier alpha value is -6.24. The van der Waals surface area contributed by atoms with Crippen molar-refractivity contribution in [3.05, 3.63) is 112 Å². The first-order valence-electron chi connectivity index (χ1n) is 18.3. The molecule has 4 heterocycles. The SMILES string of the molecule is CC(C)Oc1ccc(-c2nc(-c3cccc4c3C=CN(c3nccc5c(-c6noc(-c7ccc(OC(C)C)c(Cl)c7)n6)cccc35)C4CCC(=O)O)no2)cc1Cl. The fourth-order valence-electron chi connectivity index (χ4n) is 6.90. The van der Waals surface area contributed by atoms with E-state index in [1.165, 1.54) is 0 Å². The number of benzene rings is 4. The second-order valence-electron chi connectivity index (χ2n) is 14.0. The van der Waals surface area contributed by atoms with Crippen molar-refractivity contribution in [1.29, 1.82) is 0 Å². The van der Waals surface area contributed by atoms with Gasteiger partial charge in [0.25, 0.3) is 11.8 Å². The summed E-state index contributed by atoms with van der Waals surface area (Å²) in [5.41, 5.74) is 4.51. The lowest BCUT2D eigenvalue weighted by Gasteiger charge is -2.35. The lowest BCUT2D eigenvalue weighted by molar-refractivity contribution is -0.137. The fraction of sp³-hybridized carbons (Fsp3) is 0.209. The Kier molecular flexibility index (Phi) is 10.4. The van der Waals surface area contributed by atoms with Gasteiger partial charge in [0, 0.05) is 46.5 Å². The van der Waals surface area contributed by atoms with Gasteiger partial charge in [0.2, 0.25) is 11.6 Å². The lowest BCUT2D eigenvalue weighted by atomic mass is 9.89. The van der Waals surface area contributed by atoms with Gasteiger partial charge in [-0.3, -0.25) is 4.79 Å². The van der Waals surface area contributed by atoms with Crippen molar-refractivity contribution in [3.63, 3.8) is 0 Å².